The van der Waals surface area contributed by atoms with Gasteiger partial charge in [-0.3, -0.25) is 4.79 Å². The van der Waals surface area contributed by atoms with E-state index in [4.69, 9.17) is 9.72 Å². The van der Waals surface area contributed by atoms with Crippen molar-refractivity contribution >= 4 is 17.7 Å². The molecule has 1 fully saturated rings. The number of nitrogens with one attached hydrogen (secondary N) is 2. The number of ether oxygens (including phenoxy) is 1. The lowest BCUT2D eigenvalue weighted by Gasteiger charge is -2.27. The highest BCUT2D eigenvalue weighted by Gasteiger charge is 2.39. The quantitative estimate of drug-likeness (QED) is 0.335. The van der Waals surface area contributed by atoms with Crippen molar-refractivity contribution < 1.29 is 19.4 Å². The average Bonchev–Trinajstić information content (AvgIpc) is 3.54. The molecule has 190 valence electrons. The van der Waals surface area contributed by atoms with Crippen LogP contribution in [0.4, 0.5) is 5.82 Å². The molecule has 1 aliphatic heterocycles. The van der Waals surface area contributed by atoms with Crippen LogP contribution in [-0.4, -0.2) is 72.3 Å². The van der Waals surface area contributed by atoms with Gasteiger partial charge >= 0.3 is 5.97 Å². The van der Waals surface area contributed by atoms with E-state index in [1.54, 1.807) is 7.11 Å². The molecule has 1 aliphatic carbocycles. The zero-order valence-corrected chi connectivity index (χ0v) is 21.1. The van der Waals surface area contributed by atoms with Crippen LogP contribution in [0.1, 0.15) is 70.1 Å². The van der Waals surface area contributed by atoms with E-state index in [1.807, 2.05) is 6.92 Å². The molecule has 3 N–H and O–H groups in total. The largest absolute Gasteiger partial charge is 0.480 e. The summed E-state index contributed by atoms with van der Waals surface area (Å²) in [5, 5.41) is 15.8. The lowest BCUT2D eigenvalue weighted by Crippen LogP contribution is -2.44. The highest BCUT2D eigenvalue weighted by molar-refractivity contribution is 5.84. The molecule has 2 heterocycles. The van der Waals surface area contributed by atoms with Crippen molar-refractivity contribution in [3.8, 4) is 0 Å². The number of aryl methyl sites for hydroxylation is 2. The molecule has 0 spiro atoms. The van der Waals surface area contributed by atoms with Crippen LogP contribution in [-0.2, 0) is 27.2 Å². The Balaban J connectivity index is 1.45. The van der Waals surface area contributed by atoms with Crippen LogP contribution in [0.25, 0.3) is 0 Å². The Labute approximate surface area is 203 Å². The Kier molecular flexibility index (Phi) is 9.71. The normalized spacial score (nSPS) is 18.0. The summed E-state index contributed by atoms with van der Waals surface area (Å²) in [6.45, 7) is 7.28. The number of nitrogens with zero attached hydrogens (tertiary/aromatic N) is 2. The van der Waals surface area contributed by atoms with Crippen molar-refractivity contribution in [2.24, 2.45) is 5.41 Å². The number of carboxylic acid groups (broad SMARTS) is 1. The summed E-state index contributed by atoms with van der Waals surface area (Å²) in [5.74, 6) is -0.0888. The SMILES string of the molecule is COC(C)CN(CCCCc1ccc2c(n1)NCCC2)CCC(NC(=O)CC1(C)CC1)C(=O)O. The summed E-state index contributed by atoms with van der Waals surface area (Å²) < 4.78 is 5.45. The fraction of sp³-hybridized carbons (Fsp3) is 0.731. The minimum Gasteiger partial charge on any atom is -0.480 e. The van der Waals surface area contributed by atoms with Gasteiger partial charge in [-0.05, 0) is 81.9 Å². The van der Waals surface area contributed by atoms with Gasteiger partial charge in [0.05, 0.1) is 6.10 Å². The smallest absolute Gasteiger partial charge is 0.326 e. The van der Waals surface area contributed by atoms with Crippen LogP contribution >= 0.6 is 0 Å². The zero-order chi connectivity index (χ0) is 24.6. The Morgan fingerprint density at radius 2 is 2.09 bits per heavy atom. The molecule has 0 radical (unpaired) electrons. The molecule has 1 amide bonds. The Morgan fingerprint density at radius 1 is 1.29 bits per heavy atom. The fourth-order valence-electron chi connectivity index (χ4n) is 4.47. The second kappa shape index (κ2) is 12.5. The average molecular weight is 475 g/mol. The third-order valence-corrected chi connectivity index (χ3v) is 7.08. The first-order chi connectivity index (χ1) is 16.3. The maximum atomic E-state index is 12.3. The summed E-state index contributed by atoms with van der Waals surface area (Å²) in [5.41, 5.74) is 2.49. The molecule has 0 aromatic carbocycles. The van der Waals surface area contributed by atoms with E-state index in [0.29, 0.717) is 19.4 Å². The molecular formula is C26H42N4O4. The summed E-state index contributed by atoms with van der Waals surface area (Å²) >= 11 is 0. The third kappa shape index (κ3) is 8.55. The second-order valence-electron chi connectivity index (χ2n) is 10.4. The maximum Gasteiger partial charge on any atom is 0.326 e. The van der Waals surface area contributed by atoms with Gasteiger partial charge in [0.15, 0.2) is 0 Å². The van der Waals surface area contributed by atoms with Crippen molar-refractivity contribution in [1.82, 2.24) is 15.2 Å². The van der Waals surface area contributed by atoms with Crippen LogP contribution in [0, 0.1) is 5.41 Å². The number of anilines is 1. The standard InChI is InChI=1S/C26H42N4O4/c1-19(34-3)18-30(16-11-22(25(32)33)29-23(31)17-26(2)12-13-26)15-5-4-8-21-10-9-20-7-6-14-27-24(20)28-21/h9-10,19,22H,4-8,11-18H2,1-3H3,(H,27,28)(H,29,31)(H,32,33). The first-order valence-electron chi connectivity index (χ1n) is 12.8. The van der Waals surface area contributed by atoms with Gasteiger partial charge in [-0.1, -0.05) is 13.0 Å². The molecule has 0 saturated heterocycles. The zero-order valence-electron chi connectivity index (χ0n) is 21.1. The number of amides is 1. The van der Waals surface area contributed by atoms with Crippen molar-refractivity contribution in [3.63, 3.8) is 0 Å². The van der Waals surface area contributed by atoms with Gasteiger partial charge < -0.3 is 25.4 Å². The molecular weight excluding hydrogens is 432 g/mol. The predicted octanol–water partition coefficient (Wildman–Crippen LogP) is 3.25. The van der Waals surface area contributed by atoms with Crippen molar-refractivity contribution in [3.05, 3.63) is 23.4 Å². The number of unbranched alkanes of at least 4 members (excludes halogenated alkanes) is 1. The van der Waals surface area contributed by atoms with E-state index in [9.17, 15) is 14.7 Å². The number of aliphatic carboxylic acids is 1. The van der Waals surface area contributed by atoms with Crippen molar-refractivity contribution in [1.29, 1.82) is 0 Å². The van der Waals surface area contributed by atoms with Crippen molar-refractivity contribution in [2.45, 2.75) is 83.8 Å². The van der Waals surface area contributed by atoms with Gasteiger partial charge in [0.2, 0.25) is 5.91 Å². The molecule has 2 aliphatic rings. The lowest BCUT2D eigenvalue weighted by atomic mass is 10.0. The monoisotopic (exact) mass is 474 g/mol. The summed E-state index contributed by atoms with van der Waals surface area (Å²) in [4.78, 5) is 31.1. The van der Waals surface area contributed by atoms with Gasteiger partial charge in [-0.2, -0.15) is 0 Å². The van der Waals surface area contributed by atoms with E-state index in [1.165, 1.54) is 5.56 Å². The number of aromatic nitrogens is 1. The molecule has 1 aromatic rings. The van der Waals surface area contributed by atoms with E-state index < -0.39 is 12.0 Å². The van der Waals surface area contributed by atoms with E-state index >= 15 is 0 Å². The number of carboxylic acids is 1. The molecule has 2 atom stereocenters. The maximum absolute atomic E-state index is 12.3. The minimum atomic E-state index is -0.971. The van der Waals surface area contributed by atoms with Gasteiger partial charge in [-0.15, -0.1) is 0 Å². The first-order valence-corrected chi connectivity index (χ1v) is 12.8. The van der Waals surface area contributed by atoms with Crippen LogP contribution in [0.15, 0.2) is 12.1 Å². The Bertz CT molecular complexity index is 827. The molecule has 0 bridgehead atoms. The first kappa shape index (κ1) is 26.4. The Hall–Kier alpha value is -2.19. The fourth-order valence-corrected chi connectivity index (χ4v) is 4.47. The summed E-state index contributed by atoms with van der Waals surface area (Å²) in [7, 11) is 1.69. The summed E-state index contributed by atoms with van der Waals surface area (Å²) in [6.07, 6.45) is 8.12. The van der Waals surface area contributed by atoms with Crippen LogP contribution < -0.4 is 10.6 Å². The van der Waals surface area contributed by atoms with Crippen molar-refractivity contribution in [2.75, 3.05) is 38.6 Å². The number of fused-ring (bicyclic) bond motifs is 1. The molecule has 2 unspecified atom stereocenters. The number of pyridine rings is 1. The molecule has 34 heavy (non-hydrogen) atoms. The number of carbonyl (C=O) groups excluding carboxylic acids is 1. The molecule has 8 nitrogen and oxygen atoms in total. The van der Waals surface area contributed by atoms with Crippen LogP contribution in [0.3, 0.4) is 0 Å². The van der Waals surface area contributed by atoms with E-state index in [-0.39, 0.29) is 17.4 Å². The van der Waals surface area contributed by atoms with Gasteiger partial charge in [0.1, 0.15) is 11.9 Å². The molecule has 1 saturated carbocycles. The van der Waals surface area contributed by atoms with E-state index in [0.717, 1.165) is 76.1 Å². The number of rotatable bonds is 15. The highest BCUT2D eigenvalue weighted by atomic mass is 16.5. The number of methoxy groups -OCH3 is 1. The molecule has 8 heteroatoms. The number of hydrogen-bond donors (Lipinski definition) is 3. The number of carbonyl (C=O) groups is 2. The van der Waals surface area contributed by atoms with E-state index in [2.05, 4.69) is 34.6 Å². The lowest BCUT2D eigenvalue weighted by molar-refractivity contribution is -0.142. The topological polar surface area (TPSA) is 104 Å². The van der Waals surface area contributed by atoms with Gasteiger partial charge in [0, 0.05) is 38.9 Å². The Morgan fingerprint density at radius 3 is 2.79 bits per heavy atom. The molecule has 1 aromatic heterocycles. The molecule has 3 rings (SSSR count). The number of hydrogen-bond acceptors (Lipinski definition) is 6. The van der Waals surface area contributed by atoms with Gasteiger partial charge in [0.25, 0.3) is 0 Å². The van der Waals surface area contributed by atoms with Gasteiger partial charge in [-0.25, -0.2) is 9.78 Å². The second-order valence-corrected chi connectivity index (χ2v) is 10.4. The third-order valence-electron chi connectivity index (χ3n) is 7.08. The predicted molar refractivity (Wildman–Crippen MR) is 133 cm³/mol. The van der Waals surface area contributed by atoms with Crippen LogP contribution in [0.2, 0.25) is 0 Å². The van der Waals surface area contributed by atoms with Crippen LogP contribution in [0.5, 0.6) is 0 Å². The highest BCUT2D eigenvalue weighted by Crippen LogP contribution is 2.47. The summed E-state index contributed by atoms with van der Waals surface area (Å²) in [6, 6.07) is 3.47. The minimum absolute atomic E-state index is 0.0565.